The summed E-state index contributed by atoms with van der Waals surface area (Å²) in [5, 5.41) is 0. The van der Waals surface area contributed by atoms with Gasteiger partial charge in [0.05, 0.1) is 30.5 Å². The van der Waals surface area contributed by atoms with E-state index in [4.69, 9.17) is 14.2 Å². The van der Waals surface area contributed by atoms with Gasteiger partial charge in [-0.05, 0) is 57.5 Å². The summed E-state index contributed by atoms with van der Waals surface area (Å²) in [4.78, 5) is 39.2. The maximum Gasteiger partial charge on any atom is 0.339 e. The second-order valence-electron chi connectivity index (χ2n) is 5.99. The van der Waals surface area contributed by atoms with E-state index in [0.29, 0.717) is 40.4 Å². The summed E-state index contributed by atoms with van der Waals surface area (Å²) in [6, 6.07) is 6.35. The Labute approximate surface area is 157 Å². The highest BCUT2D eigenvalue weighted by Gasteiger charge is 2.26. The van der Waals surface area contributed by atoms with E-state index < -0.39 is 18.0 Å². The largest absolute Gasteiger partial charge is 0.483 e. The first-order valence-corrected chi connectivity index (χ1v) is 8.55. The number of benzene rings is 1. The molecule has 0 aliphatic carbocycles. The van der Waals surface area contributed by atoms with Crippen molar-refractivity contribution < 1.29 is 28.6 Å². The predicted molar refractivity (Wildman–Crippen MR) is 98.4 cm³/mol. The molecule has 1 aromatic carbocycles. The summed E-state index contributed by atoms with van der Waals surface area (Å²) in [7, 11) is 1.29. The van der Waals surface area contributed by atoms with Crippen molar-refractivity contribution in [3.63, 3.8) is 0 Å². The lowest BCUT2D eigenvalue weighted by Crippen LogP contribution is -2.25. The quantitative estimate of drug-likeness (QED) is 0.591. The molecule has 0 amide bonds. The number of hydrogen-bond donors (Lipinski definition) is 1. The first-order valence-electron chi connectivity index (χ1n) is 8.55. The molecule has 7 heteroatoms. The average molecular weight is 373 g/mol. The summed E-state index contributed by atoms with van der Waals surface area (Å²) >= 11 is 0. The third kappa shape index (κ3) is 4.36. The molecule has 27 heavy (non-hydrogen) atoms. The first kappa shape index (κ1) is 20.2. The van der Waals surface area contributed by atoms with Crippen molar-refractivity contribution in [3.8, 4) is 5.75 Å². The molecule has 2 aromatic rings. The molecule has 0 bridgehead atoms. The van der Waals surface area contributed by atoms with Crippen LogP contribution >= 0.6 is 0 Å². The Kier molecular flexibility index (Phi) is 6.39. The molecule has 1 N–H and O–H groups in total. The molecule has 0 saturated heterocycles. The SMILES string of the molecule is CCOC(=O)c1ccc(O[C@@H](C)C(=O)c2[nH]c(C)c(C(=O)OC)c2C)cc1. The van der Waals surface area contributed by atoms with Gasteiger partial charge in [0.15, 0.2) is 6.10 Å². The lowest BCUT2D eigenvalue weighted by molar-refractivity contribution is 0.0524. The molecule has 2 rings (SSSR count). The molecule has 0 aliphatic rings. The Morgan fingerprint density at radius 2 is 1.70 bits per heavy atom. The van der Waals surface area contributed by atoms with Crippen LogP contribution in [0.4, 0.5) is 0 Å². The van der Waals surface area contributed by atoms with Crippen LogP contribution in [0.2, 0.25) is 0 Å². The van der Waals surface area contributed by atoms with E-state index in [1.54, 1.807) is 52.0 Å². The fraction of sp³-hybridized carbons (Fsp3) is 0.350. The van der Waals surface area contributed by atoms with E-state index in [1.165, 1.54) is 7.11 Å². The molecule has 7 nitrogen and oxygen atoms in total. The van der Waals surface area contributed by atoms with Crippen molar-refractivity contribution in [1.82, 2.24) is 4.98 Å². The Balaban J connectivity index is 2.14. The standard InChI is InChI=1S/C20H23NO6/c1-6-26-19(23)14-7-9-15(10-8-14)27-13(4)18(22)17-11(2)16(12(3)21-17)20(24)25-5/h7-10,13,21H,6H2,1-5H3/t13-/m0/s1. The second-order valence-corrected chi connectivity index (χ2v) is 5.99. The van der Waals surface area contributed by atoms with Crippen molar-refractivity contribution in [2.75, 3.05) is 13.7 Å². The molecule has 1 aromatic heterocycles. The number of ether oxygens (including phenoxy) is 3. The summed E-state index contributed by atoms with van der Waals surface area (Å²) in [5.74, 6) is -0.761. The number of Topliss-reactive ketones (excluding diaryl/α,β-unsaturated/α-hetero) is 1. The maximum atomic E-state index is 12.7. The summed E-state index contributed by atoms with van der Waals surface area (Å²) in [6.45, 7) is 7.04. The van der Waals surface area contributed by atoms with Gasteiger partial charge in [0.2, 0.25) is 5.78 Å². The van der Waals surface area contributed by atoms with Crippen LogP contribution in [0, 0.1) is 13.8 Å². The molecule has 1 heterocycles. The second kappa shape index (κ2) is 8.53. The molecule has 0 saturated carbocycles. The summed E-state index contributed by atoms with van der Waals surface area (Å²) in [5.41, 5.74) is 2.16. The Morgan fingerprint density at radius 1 is 1.07 bits per heavy atom. The zero-order valence-electron chi connectivity index (χ0n) is 16.0. The van der Waals surface area contributed by atoms with Crippen molar-refractivity contribution >= 4 is 17.7 Å². The number of hydrogen-bond acceptors (Lipinski definition) is 6. The lowest BCUT2D eigenvalue weighted by Gasteiger charge is -2.14. The van der Waals surface area contributed by atoms with Gasteiger partial charge in [-0.25, -0.2) is 9.59 Å². The van der Waals surface area contributed by atoms with Crippen molar-refractivity contribution in [2.24, 2.45) is 0 Å². The van der Waals surface area contributed by atoms with Crippen molar-refractivity contribution in [3.05, 3.63) is 52.3 Å². The first-order chi connectivity index (χ1) is 12.8. The van der Waals surface area contributed by atoms with Gasteiger partial charge in [0.1, 0.15) is 5.75 Å². The minimum atomic E-state index is -0.791. The van der Waals surface area contributed by atoms with Crippen LogP contribution in [-0.4, -0.2) is 42.5 Å². The van der Waals surface area contributed by atoms with Gasteiger partial charge in [-0.15, -0.1) is 0 Å². The maximum absolute atomic E-state index is 12.7. The normalized spacial score (nSPS) is 11.6. The van der Waals surface area contributed by atoms with E-state index in [0.717, 1.165) is 0 Å². The van der Waals surface area contributed by atoms with Crippen LogP contribution in [0.15, 0.2) is 24.3 Å². The van der Waals surface area contributed by atoms with E-state index in [-0.39, 0.29) is 5.78 Å². The molecule has 1 atom stereocenters. The number of aryl methyl sites for hydroxylation is 1. The van der Waals surface area contributed by atoms with Crippen LogP contribution in [0.25, 0.3) is 0 Å². The number of esters is 2. The monoisotopic (exact) mass is 373 g/mol. The number of carbonyl (C=O) groups is 3. The number of carbonyl (C=O) groups excluding carboxylic acids is 3. The third-order valence-electron chi connectivity index (χ3n) is 4.12. The van der Waals surface area contributed by atoms with Crippen LogP contribution in [-0.2, 0) is 9.47 Å². The Morgan fingerprint density at radius 3 is 2.26 bits per heavy atom. The van der Waals surface area contributed by atoms with E-state index in [2.05, 4.69) is 4.98 Å². The van der Waals surface area contributed by atoms with Gasteiger partial charge >= 0.3 is 11.9 Å². The van der Waals surface area contributed by atoms with Gasteiger partial charge in [-0.1, -0.05) is 0 Å². The molecular formula is C20H23NO6. The van der Waals surface area contributed by atoms with Gasteiger partial charge in [0, 0.05) is 5.69 Å². The summed E-state index contributed by atoms with van der Waals surface area (Å²) < 4.78 is 15.4. The van der Waals surface area contributed by atoms with Crippen LogP contribution in [0.3, 0.4) is 0 Å². The number of nitrogens with one attached hydrogen (secondary N) is 1. The Bertz CT molecular complexity index is 850. The number of rotatable bonds is 7. The number of methoxy groups -OCH3 is 1. The summed E-state index contributed by atoms with van der Waals surface area (Å²) in [6.07, 6.45) is -0.791. The van der Waals surface area contributed by atoms with E-state index in [1.807, 2.05) is 0 Å². The fourth-order valence-corrected chi connectivity index (χ4v) is 2.75. The van der Waals surface area contributed by atoms with Crippen LogP contribution in [0.5, 0.6) is 5.75 Å². The molecule has 0 radical (unpaired) electrons. The minimum Gasteiger partial charge on any atom is -0.483 e. The van der Waals surface area contributed by atoms with Gasteiger partial charge in [-0.3, -0.25) is 4.79 Å². The topological polar surface area (TPSA) is 94.7 Å². The van der Waals surface area contributed by atoms with Crippen LogP contribution < -0.4 is 4.74 Å². The van der Waals surface area contributed by atoms with Gasteiger partial charge in [-0.2, -0.15) is 0 Å². The highest BCUT2D eigenvalue weighted by molar-refractivity contribution is 6.03. The fourth-order valence-electron chi connectivity index (χ4n) is 2.75. The highest BCUT2D eigenvalue weighted by Crippen LogP contribution is 2.22. The van der Waals surface area contributed by atoms with Gasteiger partial charge in [0.25, 0.3) is 0 Å². The highest BCUT2D eigenvalue weighted by atomic mass is 16.5. The smallest absolute Gasteiger partial charge is 0.339 e. The van der Waals surface area contributed by atoms with E-state index in [9.17, 15) is 14.4 Å². The molecule has 0 spiro atoms. The molecule has 0 fully saturated rings. The number of H-pyrrole nitrogens is 1. The van der Waals surface area contributed by atoms with Crippen molar-refractivity contribution in [2.45, 2.75) is 33.8 Å². The molecule has 0 unspecified atom stereocenters. The third-order valence-corrected chi connectivity index (χ3v) is 4.12. The predicted octanol–water partition coefficient (Wildman–Crippen LogP) is 3.25. The lowest BCUT2D eigenvalue weighted by atomic mass is 10.1. The van der Waals surface area contributed by atoms with E-state index >= 15 is 0 Å². The average Bonchev–Trinajstić information content (AvgIpc) is 2.95. The minimum absolute atomic E-state index is 0.291. The Hall–Kier alpha value is -3.09. The van der Waals surface area contributed by atoms with Crippen molar-refractivity contribution in [1.29, 1.82) is 0 Å². The molecular weight excluding hydrogens is 350 g/mol. The number of aromatic amines is 1. The van der Waals surface area contributed by atoms with Crippen LogP contribution in [0.1, 0.15) is 56.3 Å². The number of aromatic nitrogens is 1. The zero-order chi connectivity index (χ0) is 20.1. The zero-order valence-corrected chi connectivity index (χ0v) is 16.0. The number of ketones is 1. The van der Waals surface area contributed by atoms with Gasteiger partial charge < -0.3 is 19.2 Å². The molecule has 0 aliphatic heterocycles. The molecule has 144 valence electrons.